The highest BCUT2D eigenvalue weighted by Crippen LogP contribution is 2.34. The second-order valence-corrected chi connectivity index (χ2v) is 9.43. The fraction of sp³-hybridized carbons (Fsp3) is 0.0500. The molecule has 0 aliphatic rings. The Morgan fingerprint density at radius 3 is 2.83 bits per heavy atom. The molecule has 3 heterocycles. The van der Waals surface area contributed by atoms with Crippen molar-refractivity contribution in [1.29, 1.82) is 0 Å². The van der Waals surface area contributed by atoms with Crippen molar-refractivity contribution < 1.29 is 8.42 Å². The van der Waals surface area contributed by atoms with E-state index in [1.807, 2.05) is 35.7 Å². The van der Waals surface area contributed by atoms with E-state index in [0.717, 1.165) is 44.3 Å². The number of H-pyrrole nitrogens is 1. The van der Waals surface area contributed by atoms with E-state index in [1.165, 1.54) is 0 Å². The summed E-state index contributed by atoms with van der Waals surface area (Å²) in [5.74, 6) is 0.478. The van der Waals surface area contributed by atoms with Crippen LogP contribution in [0.15, 0.2) is 60.4 Å². The minimum Gasteiger partial charge on any atom is -0.345 e. The molecule has 8 nitrogen and oxygen atoms in total. The number of nitrogens with one attached hydrogen (secondary N) is 3. The molecule has 0 saturated carbocycles. The maximum absolute atomic E-state index is 11.5. The molecule has 0 aliphatic carbocycles. The van der Waals surface area contributed by atoms with Gasteiger partial charge in [-0.3, -0.25) is 4.72 Å². The lowest BCUT2D eigenvalue weighted by molar-refractivity contribution is 0.607. The highest BCUT2D eigenvalue weighted by molar-refractivity contribution is 7.92. The second kappa shape index (κ2) is 7.08. The van der Waals surface area contributed by atoms with Crippen LogP contribution < -0.4 is 10.0 Å². The molecule has 0 fully saturated rings. The lowest BCUT2D eigenvalue weighted by Gasteiger charge is -2.07. The molecule has 0 bridgehead atoms. The van der Waals surface area contributed by atoms with Crippen LogP contribution in [0.5, 0.6) is 0 Å². The molecule has 5 rings (SSSR count). The van der Waals surface area contributed by atoms with Gasteiger partial charge in [0.1, 0.15) is 0 Å². The van der Waals surface area contributed by atoms with Crippen LogP contribution in [-0.4, -0.2) is 34.6 Å². The van der Waals surface area contributed by atoms with E-state index in [4.69, 9.17) is 4.98 Å². The van der Waals surface area contributed by atoms with Crippen molar-refractivity contribution in [3.8, 4) is 11.1 Å². The summed E-state index contributed by atoms with van der Waals surface area (Å²) < 4.78 is 26.6. The first-order valence-electron chi connectivity index (χ1n) is 8.97. The minimum atomic E-state index is -3.35. The molecular formula is C20H16N6O2S2. The van der Waals surface area contributed by atoms with Gasteiger partial charge in [0.05, 0.1) is 40.0 Å². The number of benzene rings is 2. The van der Waals surface area contributed by atoms with E-state index in [-0.39, 0.29) is 0 Å². The average molecular weight is 437 g/mol. The number of thiophene rings is 1. The van der Waals surface area contributed by atoms with Gasteiger partial charge in [0.25, 0.3) is 0 Å². The normalized spacial score (nSPS) is 11.8. The van der Waals surface area contributed by atoms with Crippen molar-refractivity contribution in [2.75, 3.05) is 16.3 Å². The van der Waals surface area contributed by atoms with Crippen LogP contribution in [0.3, 0.4) is 0 Å². The number of aromatic nitrogens is 4. The lowest BCUT2D eigenvalue weighted by Crippen LogP contribution is -2.09. The summed E-state index contributed by atoms with van der Waals surface area (Å²) >= 11 is 1.54. The maximum atomic E-state index is 11.5. The maximum Gasteiger partial charge on any atom is 0.229 e. The Morgan fingerprint density at radius 2 is 1.97 bits per heavy atom. The summed E-state index contributed by atoms with van der Waals surface area (Å²) in [6.07, 6.45) is 4.57. The topological polar surface area (TPSA) is 113 Å². The van der Waals surface area contributed by atoms with Gasteiger partial charge in [-0.25, -0.2) is 23.4 Å². The number of nitrogens with zero attached hydrogens (tertiary/aromatic N) is 3. The van der Waals surface area contributed by atoms with Crippen LogP contribution >= 0.6 is 11.3 Å². The van der Waals surface area contributed by atoms with Gasteiger partial charge < -0.3 is 10.3 Å². The molecule has 3 N–H and O–H groups in total. The highest BCUT2D eigenvalue weighted by Gasteiger charge is 2.12. The van der Waals surface area contributed by atoms with Gasteiger partial charge in [-0.1, -0.05) is 12.1 Å². The van der Waals surface area contributed by atoms with Gasteiger partial charge in [-0.2, -0.15) is 0 Å². The van der Waals surface area contributed by atoms with Crippen molar-refractivity contribution >= 4 is 59.9 Å². The fourth-order valence-electron chi connectivity index (χ4n) is 3.20. The molecule has 0 spiro atoms. The van der Waals surface area contributed by atoms with Gasteiger partial charge in [-0.15, -0.1) is 11.3 Å². The standard InChI is InChI=1S/C20H16N6O2S2/c1-30(27,28)26-14-4-2-3-12(7-14)15-10-29-18-9-21-20(25-19(15)18)24-13-5-6-16-17(8-13)23-11-22-16/h2-11,26H,1H3,(H,22,23)(H,21,24,25). The van der Waals surface area contributed by atoms with Gasteiger partial charge in [-0.05, 0) is 35.9 Å². The number of imidazole rings is 1. The summed E-state index contributed by atoms with van der Waals surface area (Å²) in [7, 11) is -3.35. The molecule has 0 saturated heterocycles. The summed E-state index contributed by atoms with van der Waals surface area (Å²) in [5.41, 5.74) is 5.76. The molecule has 0 amide bonds. The van der Waals surface area contributed by atoms with Crippen LogP contribution in [0.25, 0.3) is 32.4 Å². The molecule has 10 heteroatoms. The van der Waals surface area contributed by atoms with Crippen LogP contribution in [0, 0.1) is 0 Å². The van der Waals surface area contributed by atoms with Gasteiger partial charge in [0, 0.05) is 22.3 Å². The first kappa shape index (κ1) is 18.5. The number of hydrogen-bond donors (Lipinski definition) is 3. The Bertz CT molecular complexity index is 1490. The van der Waals surface area contributed by atoms with E-state index in [2.05, 4.69) is 25.0 Å². The predicted octanol–water partition coefficient (Wildman–Crippen LogP) is 4.35. The largest absolute Gasteiger partial charge is 0.345 e. The smallest absolute Gasteiger partial charge is 0.229 e. The molecule has 0 radical (unpaired) electrons. The number of sulfonamides is 1. The fourth-order valence-corrected chi connectivity index (χ4v) is 4.63. The Kier molecular flexibility index (Phi) is 4.37. The average Bonchev–Trinajstić information content (AvgIpc) is 3.33. The molecular weight excluding hydrogens is 420 g/mol. The molecule has 0 aliphatic heterocycles. The van der Waals surface area contributed by atoms with E-state index in [9.17, 15) is 8.42 Å². The van der Waals surface area contributed by atoms with Crippen LogP contribution in [-0.2, 0) is 10.0 Å². The number of fused-ring (bicyclic) bond motifs is 2. The van der Waals surface area contributed by atoms with Crippen molar-refractivity contribution in [1.82, 2.24) is 19.9 Å². The molecule has 150 valence electrons. The summed E-state index contributed by atoms with van der Waals surface area (Å²) in [5, 5.41) is 5.23. The van der Waals surface area contributed by atoms with Gasteiger partial charge in [0.2, 0.25) is 16.0 Å². The Balaban J connectivity index is 1.51. The van der Waals surface area contributed by atoms with Crippen molar-refractivity contribution in [2.24, 2.45) is 0 Å². The third-order valence-corrected chi connectivity index (χ3v) is 5.98. The van der Waals surface area contributed by atoms with Crippen molar-refractivity contribution in [3.05, 3.63) is 60.4 Å². The third kappa shape index (κ3) is 3.70. The Morgan fingerprint density at radius 1 is 1.07 bits per heavy atom. The second-order valence-electron chi connectivity index (χ2n) is 6.77. The number of rotatable bonds is 5. The highest BCUT2D eigenvalue weighted by atomic mass is 32.2. The van der Waals surface area contributed by atoms with Crippen LogP contribution in [0.2, 0.25) is 0 Å². The SMILES string of the molecule is CS(=O)(=O)Nc1cccc(-c2csc3cnc(Nc4ccc5nc[nH]c5c4)nc23)c1. The molecule has 30 heavy (non-hydrogen) atoms. The summed E-state index contributed by atoms with van der Waals surface area (Å²) in [4.78, 5) is 16.4. The van der Waals surface area contributed by atoms with E-state index in [0.29, 0.717) is 11.6 Å². The zero-order chi connectivity index (χ0) is 20.7. The molecule has 5 aromatic rings. The molecule has 0 atom stereocenters. The summed E-state index contributed by atoms with van der Waals surface area (Å²) in [6.45, 7) is 0. The number of hydrogen-bond acceptors (Lipinski definition) is 7. The quantitative estimate of drug-likeness (QED) is 0.378. The van der Waals surface area contributed by atoms with Gasteiger partial charge >= 0.3 is 0 Å². The Labute approximate surface area is 176 Å². The number of aromatic amines is 1. The van der Waals surface area contributed by atoms with Crippen LogP contribution in [0.1, 0.15) is 0 Å². The monoisotopic (exact) mass is 436 g/mol. The summed E-state index contributed by atoms with van der Waals surface area (Å²) in [6, 6.07) is 13.0. The minimum absolute atomic E-state index is 0.478. The number of anilines is 3. The van der Waals surface area contributed by atoms with E-state index >= 15 is 0 Å². The zero-order valence-electron chi connectivity index (χ0n) is 15.7. The molecule has 0 unspecified atom stereocenters. The van der Waals surface area contributed by atoms with Crippen molar-refractivity contribution in [3.63, 3.8) is 0 Å². The molecule has 3 aromatic heterocycles. The van der Waals surface area contributed by atoms with E-state index in [1.54, 1.807) is 36.0 Å². The zero-order valence-corrected chi connectivity index (χ0v) is 17.4. The third-order valence-electron chi connectivity index (χ3n) is 4.47. The van der Waals surface area contributed by atoms with E-state index < -0.39 is 10.0 Å². The predicted molar refractivity (Wildman–Crippen MR) is 121 cm³/mol. The van der Waals surface area contributed by atoms with Crippen LogP contribution in [0.4, 0.5) is 17.3 Å². The van der Waals surface area contributed by atoms with Gasteiger partial charge in [0.15, 0.2) is 0 Å². The first-order chi connectivity index (χ1) is 14.4. The van der Waals surface area contributed by atoms with Crippen molar-refractivity contribution in [2.45, 2.75) is 0 Å². The molecule has 2 aromatic carbocycles. The lowest BCUT2D eigenvalue weighted by atomic mass is 10.1. The Hall–Kier alpha value is -3.50. The first-order valence-corrected chi connectivity index (χ1v) is 11.7.